The van der Waals surface area contributed by atoms with Crippen molar-refractivity contribution in [3.05, 3.63) is 24.5 Å². The van der Waals surface area contributed by atoms with Crippen LogP contribution in [0.25, 0.3) is 0 Å². The van der Waals surface area contributed by atoms with Gasteiger partial charge in [0, 0.05) is 55.7 Å². The molecule has 0 saturated carbocycles. The van der Waals surface area contributed by atoms with Gasteiger partial charge in [0.05, 0.1) is 0 Å². The zero-order valence-electron chi connectivity index (χ0n) is 14.1. The number of piperidine rings is 1. The summed E-state index contributed by atoms with van der Waals surface area (Å²) in [6.45, 7) is 1.65. The Morgan fingerprint density at radius 1 is 1.21 bits per heavy atom. The Labute approximate surface area is 152 Å². The van der Waals surface area contributed by atoms with Crippen molar-refractivity contribution in [3.8, 4) is 5.75 Å². The molecule has 3 rings (SSSR count). The monoisotopic (exact) mass is 366 g/mol. The lowest BCUT2D eigenvalue weighted by Crippen LogP contribution is -2.41. The number of unbranched alkanes of at least 4 members (excludes halogenated alkanes) is 1. The van der Waals surface area contributed by atoms with Gasteiger partial charge in [0.1, 0.15) is 11.9 Å². The molecule has 0 spiro atoms. The number of rotatable bonds is 7. The van der Waals surface area contributed by atoms with E-state index in [-0.39, 0.29) is 6.10 Å². The molecule has 0 aliphatic carbocycles. The van der Waals surface area contributed by atoms with Gasteiger partial charge in [-0.15, -0.1) is 0 Å². The van der Waals surface area contributed by atoms with Crippen LogP contribution in [-0.2, 0) is 4.79 Å². The predicted octanol–water partition coefficient (Wildman–Crippen LogP) is 4.17. The maximum atomic E-state index is 12.3. The summed E-state index contributed by atoms with van der Waals surface area (Å²) in [4.78, 5) is 18.3. The van der Waals surface area contributed by atoms with E-state index >= 15 is 0 Å². The summed E-state index contributed by atoms with van der Waals surface area (Å²) < 4.78 is 5.96. The Kier molecular flexibility index (Phi) is 7.14. The number of likely N-dealkylation sites (tertiary alicyclic amines) is 1. The Hall–Kier alpha value is -0.880. The van der Waals surface area contributed by atoms with E-state index in [0.29, 0.717) is 12.3 Å². The summed E-state index contributed by atoms with van der Waals surface area (Å²) in [6.07, 6.45) is 11.1. The third kappa shape index (κ3) is 5.59. The van der Waals surface area contributed by atoms with Gasteiger partial charge in [-0.2, -0.15) is 0 Å². The van der Waals surface area contributed by atoms with Crippen LogP contribution >= 0.6 is 21.6 Å². The number of carbonyl (C=O) groups is 1. The quantitative estimate of drug-likeness (QED) is 0.535. The first kappa shape index (κ1) is 17.9. The van der Waals surface area contributed by atoms with Crippen molar-refractivity contribution in [2.45, 2.75) is 56.3 Å². The predicted molar refractivity (Wildman–Crippen MR) is 101 cm³/mol. The van der Waals surface area contributed by atoms with Gasteiger partial charge in [0.2, 0.25) is 5.91 Å². The van der Waals surface area contributed by atoms with E-state index < -0.39 is 0 Å². The number of carbonyl (C=O) groups excluding carboxylic acids is 1. The van der Waals surface area contributed by atoms with Crippen LogP contribution in [0.1, 0.15) is 44.9 Å². The highest BCUT2D eigenvalue weighted by Crippen LogP contribution is 2.39. The number of hydrogen-bond donors (Lipinski definition) is 0. The molecule has 3 heterocycles. The molecule has 1 aromatic rings. The molecule has 4 nitrogen and oxygen atoms in total. The Morgan fingerprint density at radius 3 is 2.71 bits per heavy atom. The Morgan fingerprint density at radius 2 is 2.00 bits per heavy atom. The second-order valence-electron chi connectivity index (χ2n) is 6.46. The number of ether oxygens (including phenoxy) is 1. The van der Waals surface area contributed by atoms with Crippen LogP contribution in [0.3, 0.4) is 0 Å². The van der Waals surface area contributed by atoms with Crippen LogP contribution in [0.15, 0.2) is 24.5 Å². The first-order chi connectivity index (χ1) is 11.8. The summed E-state index contributed by atoms with van der Waals surface area (Å²) >= 11 is 0. The lowest BCUT2D eigenvalue weighted by Gasteiger charge is -2.32. The van der Waals surface area contributed by atoms with Gasteiger partial charge >= 0.3 is 0 Å². The smallest absolute Gasteiger partial charge is 0.222 e. The lowest BCUT2D eigenvalue weighted by atomic mass is 10.1. The van der Waals surface area contributed by atoms with Crippen molar-refractivity contribution in [2.24, 2.45) is 0 Å². The van der Waals surface area contributed by atoms with Gasteiger partial charge in [-0.3, -0.25) is 9.78 Å². The van der Waals surface area contributed by atoms with Crippen LogP contribution < -0.4 is 4.74 Å². The molecule has 2 aliphatic rings. The van der Waals surface area contributed by atoms with Crippen molar-refractivity contribution in [3.63, 3.8) is 0 Å². The second kappa shape index (κ2) is 9.56. The average Bonchev–Trinajstić information content (AvgIpc) is 3.13. The molecule has 132 valence electrons. The molecule has 24 heavy (non-hydrogen) atoms. The van der Waals surface area contributed by atoms with E-state index in [1.54, 1.807) is 12.4 Å². The van der Waals surface area contributed by atoms with Crippen molar-refractivity contribution in [2.75, 3.05) is 18.8 Å². The number of nitrogens with zero attached hydrogens (tertiary/aromatic N) is 2. The number of aromatic nitrogens is 1. The van der Waals surface area contributed by atoms with Crippen LogP contribution in [0, 0.1) is 0 Å². The number of pyridine rings is 1. The van der Waals surface area contributed by atoms with Crippen LogP contribution in [0.2, 0.25) is 0 Å². The topological polar surface area (TPSA) is 42.4 Å². The van der Waals surface area contributed by atoms with Crippen LogP contribution in [-0.4, -0.2) is 46.0 Å². The minimum atomic E-state index is 0.216. The van der Waals surface area contributed by atoms with Gasteiger partial charge in [-0.05, 0) is 31.4 Å². The Bertz CT molecular complexity index is 501. The van der Waals surface area contributed by atoms with E-state index in [1.165, 1.54) is 25.0 Å². The highest BCUT2D eigenvalue weighted by Gasteiger charge is 2.23. The maximum absolute atomic E-state index is 12.3. The van der Waals surface area contributed by atoms with Crippen molar-refractivity contribution in [1.82, 2.24) is 9.88 Å². The molecule has 1 aromatic heterocycles. The highest BCUT2D eigenvalue weighted by atomic mass is 33.1. The van der Waals surface area contributed by atoms with Gasteiger partial charge in [0.15, 0.2) is 0 Å². The van der Waals surface area contributed by atoms with E-state index in [4.69, 9.17) is 4.74 Å². The first-order valence-electron chi connectivity index (χ1n) is 8.94. The van der Waals surface area contributed by atoms with E-state index in [0.717, 1.165) is 43.4 Å². The van der Waals surface area contributed by atoms with Crippen molar-refractivity contribution < 1.29 is 9.53 Å². The summed E-state index contributed by atoms with van der Waals surface area (Å²) in [5.41, 5.74) is 0. The third-order valence-electron chi connectivity index (χ3n) is 4.64. The van der Waals surface area contributed by atoms with Gasteiger partial charge in [-0.1, -0.05) is 28.0 Å². The van der Waals surface area contributed by atoms with Gasteiger partial charge < -0.3 is 9.64 Å². The fourth-order valence-electron chi connectivity index (χ4n) is 3.20. The van der Waals surface area contributed by atoms with Gasteiger partial charge in [0.25, 0.3) is 0 Å². The molecule has 0 aromatic carbocycles. The fourth-order valence-corrected chi connectivity index (χ4v) is 6.23. The third-order valence-corrected chi connectivity index (χ3v) is 7.65. The molecule has 2 aliphatic heterocycles. The SMILES string of the molecule is O=C(CCCC[C@H]1CCSS1)N1CCC(Oc2ccncc2)CC1. The normalized spacial score (nSPS) is 21.8. The summed E-state index contributed by atoms with van der Waals surface area (Å²) in [5.74, 6) is 2.49. The molecular weight excluding hydrogens is 340 g/mol. The molecule has 0 bridgehead atoms. The first-order valence-corrected chi connectivity index (χ1v) is 11.3. The molecule has 2 fully saturated rings. The number of hydrogen-bond acceptors (Lipinski definition) is 5. The zero-order chi connectivity index (χ0) is 16.6. The minimum absolute atomic E-state index is 0.216. The van der Waals surface area contributed by atoms with E-state index in [1.807, 2.05) is 38.6 Å². The second-order valence-corrected chi connectivity index (χ2v) is 9.24. The molecular formula is C18H26N2O2S2. The molecule has 6 heteroatoms. The summed E-state index contributed by atoms with van der Waals surface area (Å²) in [7, 11) is 4.03. The molecule has 1 amide bonds. The van der Waals surface area contributed by atoms with E-state index in [9.17, 15) is 4.79 Å². The van der Waals surface area contributed by atoms with Crippen LogP contribution in [0.5, 0.6) is 5.75 Å². The maximum Gasteiger partial charge on any atom is 0.222 e. The molecule has 0 unspecified atom stereocenters. The largest absolute Gasteiger partial charge is 0.490 e. The standard InChI is InChI=1S/C18H26N2O2S2/c21-18(4-2-1-3-17-9-14-23-24-17)20-12-7-16(8-13-20)22-15-5-10-19-11-6-15/h5-6,10-11,16-17H,1-4,7-9,12-14H2/t17-/m0/s1. The average molecular weight is 367 g/mol. The lowest BCUT2D eigenvalue weighted by molar-refractivity contribution is -0.133. The molecule has 1 atom stereocenters. The fraction of sp³-hybridized carbons (Fsp3) is 0.667. The highest BCUT2D eigenvalue weighted by molar-refractivity contribution is 8.77. The number of amides is 1. The van der Waals surface area contributed by atoms with Crippen molar-refractivity contribution in [1.29, 1.82) is 0 Å². The Balaban J connectivity index is 1.30. The molecule has 0 radical (unpaired) electrons. The van der Waals surface area contributed by atoms with Crippen molar-refractivity contribution >= 4 is 27.5 Å². The van der Waals surface area contributed by atoms with Gasteiger partial charge in [-0.25, -0.2) is 0 Å². The minimum Gasteiger partial charge on any atom is -0.490 e. The molecule has 2 saturated heterocycles. The van der Waals surface area contributed by atoms with Crippen LogP contribution in [0.4, 0.5) is 0 Å². The summed E-state index contributed by atoms with van der Waals surface area (Å²) in [5, 5.41) is 0.825. The zero-order valence-corrected chi connectivity index (χ0v) is 15.7. The molecule has 0 N–H and O–H groups in total. The van der Waals surface area contributed by atoms with E-state index in [2.05, 4.69) is 4.98 Å². The summed E-state index contributed by atoms with van der Waals surface area (Å²) in [6, 6.07) is 3.78.